The van der Waals surface area contributed by atoms with E-state index < -0.39 is 12.0 Å². The number of ether oxygens (including phenoxy) is 1. The zero-order valence-corrected chi connectivity index (χ0v) is 14.9. The van der Waals surface area contributed by atoms with Gasteiger partial charge in [-0.25, -0.2) is 4.79 Å². The molecule has 2 aromatic rings. The SMILES string of the molecule is CC(=O)C=C(C)N[C@@H](Cc1ccc(OCc2ccccc2)cc1)C(=O)O. The van der Waals surface area contributed by atoms with E-state index in [0.29, 0.717) is 18.7 Å². The molecule has 1 atom stereocenters. The van der Waals surface area contributed by atoms with Crippen LogP contribution in [0.1, 0.15) is 25.0 Å². The maximum Gasteiger partial charge on any atom is 0.326 e. The number of carbonyl (C=O) groups is 2. The fourth-order valence-corrected chi connectivity index (χ4v) is 2.52. The summed E-state index contributed by atoms with van der Waals surface area (Å²) in [6.45, 7) is 3.58. The summed E-state index contributed by atoms with van der Waals surface area (Å²) in [5.74, 6) is -0.366. The average molecular weight is 353 g/mol. The molecule has 0 aliphatic rings. The molecule has 136 valence electrons. The highest BCUT2D eigenvalue weighted by molar-refractivity contribution is 5.88. The number of hydrogen-bond donors (Lipinski definition) is 2. The zero-order valence-electron chi connectivity index (χ0n) is 14.9. The molecule has 0 spiro atoms. The van der Waals surface area contributed by atoms with E-state index in [0.717, 1.165) is 16.9 Å². The van der Waals surface area contributed by atoms with Crippen LogP contribution in [0.25, 0.3) is 0 Å². The highest BCUT2D eigenvalue weighted by Gasteiger charge is 2.17. The minimum atomic E-state index is -0.967. The molecule has 0 saturated carbocycles. The molecule has 2 N–H and O–H groups in total. The first kappa shape index (κ1) is 19.2. The Labute approximate surface area is 153 Å². The number of rotatable bonds is 9. The number of carboxylic acids is 1. The molecule has 2 aromatic carbocycles. The van der Waals surface area contributed by atoms with Gasteiger partial charge in [-0.2, -0.15) is 0 Å². The van der Waals surface area contributed by atoms with Gasteiger partial charge in [0, 0.05) is 12.1 Å². The van der Waals surface area contributed by atoms with E-state index >= 15 is 0 Å². The van der Waals surface area contributed by atoms with Gasteiger partial charge in [-0.1, -0.05) is 42.5 Å². The van der Waals surface area contributed by atoms with E-state index in [2.05, 4.69) is 5.32 Å². The van der Waals surface area contributed by atoms with Gasteiger partial charge in [-0.15, -0.1) is 0 Å². The lowest BCUT2D eigenvalue weighted by molar-refractivity contribution is -0.139. The van der Waals surface area contributed by atoms with Crippen LogP contribution in [0.2, 0.25) is 0 Å². The molecule has 5 nitrogen and oxygen atoms in total. The van der Waals surface area contributed by atoms with Crippen molar-refractivity contribution < 1.29 is 19.4 Å². The van der Waals surface area contributed by atoms with Crippen LogP contribution in [0.3, 0.4) is 0 Å². The molecule has 0 fully saturated rings. The first-order valence-corrected chi connectivity index (χ1v) is 8.38. The number of carboxylic acid groups (broad SMARTS) is 1. The molecule has 0 bridgehead atoms. The van der Waals surface area contributed by atoms with Crippen molar-refractivity contribution in [3.8, 4) is 5.75 Å². The van der Waals surface area contributed by atoms with Gasteiger partial charge in [0.1, 0.15) is 18.4 Å². The van der Waals surface area contributed by atoms with E-state index in [1.54, 1.807) is 6.92 Å². The topological polar surface area (TPSA) is 75.6 Å². The highest BCUT2D eigenvalue weighted by Crippen LogP contribution is 2.15. The predicted octanol–water partition coefficient (Wildman–Crippen LogP) is 3.34. The van der Waals surface area contributed by atoms with Crippen LogP contribution >= 0.6 is 0 Å². The lowest BCUT2D eigenvalue weighted by Crippen LogP contribution is -2.37. The maximum atomic E-state index is 11.5. The quantitative estimate of drug-likeness (QED) is 0.676. The minimum Gasteiger partial charge on any atom is -0.489 e. The van der Waals surface area contributed by atoms with Crippen molar-refractivity contribution in [1.29, 1.82) is 0 Å². The first-order chi connectivity index (χ1) is 12.4. The number of benzene rings is 2. The summed E-state index contributed by atoms with van der Waals surface area (Å²) < 4.78 is 5.73. The maximum absolute atomic E-state index is 11.5. The lowest BCUT2D eigenvalue weighted by atomic mass is 10.1. The molecule has 0 aliphatic carbocycles. The predicted molar refractivity (Wildman–Crippen MR) is 99.9 cm³/mol. The van der Waals surface area contributed by atoms with E-state index in [1.165, 1.54) is 13.0 Å². The van der Waals surface area contributed by atoms with Crippen LogP contribution in [-0.2, 0) is 22.6 Å². The van der Waals surface area contributed by atoms with Gasteiger partial charge in [0.25, 0.3) is 0 Å². The molecule has 2 rings (SSSR count). The first-order valence-electron chi connectivity index (χ1n) is 8.38. The number of aliphatic carboxylic acids is 1. The van der Waals surface area contributed by atoms with Gasteiger partial charge in [0.05, 0.1) is 0 Å². The van der Waals surface area contributed by atoms with Gasteiger partial charge in [0.15, 0.2) is 5.78 Å². The Morgan fingerprint density at radius 1 is 1.04 bits per heavy atom. The smallest absolute Gasteiger partial charge is 0.326 e. The van der Waals surface area contributed by atoms with Crippen molar-refractivity contribution in [2.45, 2.75) is 32.9 Å². The molecule has 0 aromatic heterocycles. The Balaban J connectivity index is 1.95. The summed E-state index contributed by atoms with van der Waals surface area (Å²) in [6.07, 6.45) is 1.69. The normalized spacial score (nSPS) is 12.3. The van der Waals surface area contributed by atoms with Crippen molar-refractivity contribution in [1.82, 2.24) is 5.32 Å². The molecule has 0 amide bonds. The highest BCUT2D eigenvalue weighted by atomic mass is 16.5. The number of nitrogens with one attached hydrogen (secondary N) is 1. The van der Waals surface area contributed by atoms with E-state index in [4.69, 9.17) is 4.74 Å². The zero-order chi connectivity index (χ0) is 18.9. The summed E-state index contributed by atoms with van der Waals surface area (Å²) in [5, 5.41) is 12.3. The summed E-state index contributed by atoms with van der Waals surface area (Å²) in [5.41, 5.74) is 2.49. The number of carbonyl (C=O) groups excluding carboxylic acids is 1. The standard InChI is InChI=1S/C21H23NO4/c1-15(12-16(2)23)22-20(21(24)25)13-17-8-10-19(11-9-17)26-14-18-6-4-3-5-7-18/h3-12,20,22H,13-14H2,1-2H3,(H,24,25)/t20-/m0/s1. The summed E-state index contributed by atoms with van der Waals surface area (Å²) in [4.78, 5) is 22.5. The van der Waals surface area contributed by atoms with Gasteiger partial charge < -0.3 is 15.2 Å². The molecule has 5 heteroatoms. The lowest BCUT2D eigenvalue weighted by Gasteiger charge is -2.16. The van der Waals surface area contributed by atoms with E-state index in [9.17, 15) is 14.7 Å². The average Bonchev–Trinajstić information content (AvgIpc) is 2.60. The van der Waals surface area contributed by atoms with Gasteiger partial charge in [0.2, 0.25) is 0 Å². The summed E-state index contributed by atoms with van der Waals surface area (Å²) in [6, 6.07) is 16.4. The van der Waals surface area contributed by atoms with Crippen LogP contribution in [0.5, 0.6) is 5.75 Å². The van der Waals surface area contributed by atoms with Crippen LogP contribution in [0.4, 0.5) is 0 Å². The summed E-state index contributed by atoms with van der Waals surface area (Å²) >= 11 is 0. The minimum absolute atomic E-state index is 0.126. The summed E-state index contributed by atoms with van der Waals surface area (Å²) in [7, 11) is 0. The molecule has 0 aliphatic heterocycles. The molecule has 0 unspecified atom stereocenters. The van der Waals surface area contributed by atoms with Crippen LogP contribution in [0.15, 0.2) is 66.4 Å². The molecule has 0 saturated heterocycles. The fourth-order valence-electron chi connectivity index (χ4n) is 2.52. The van der Waals surface area contributed by atoms with Crippen molar-refractivity contribution in [3.63, 3.8) is 0 Å². The van der Waals surface area contributed by atoms with Gasteiger partial charge >= 0.3 is 5.97 Å². The van der Waals surface area contributed by atoms with Crippen LogP contribution < -0.4 is 10.1 Å². The third-order valence-electron chi connectivity index (χ3n) is 3.73. The second-order valence-electron chi connectivity index (χ2n) is 6.10. The monoisotopic (exact) mass is 353 g/mol. The Morgan fingerprint density at radius 3 is 2.27 bits per heavy atom. The Bertz CT molecular complexity index is 766. The van der Waals surface area contributed by atoms with Gasteiger partial charge in [-0.05, 0) is 43.2 Å². The Hall–Kier alpha value is -3.08. The number of hydrogen-bond acceptors (Lipinski definition) is 4. The Kier molecular flexibility index (Phi) is 6.97. The molecular formula is C21H23NO4. The molecule has 0 radical (unpaired) electrons. The van der Waals surface area contributed by atoms with Crippen molar-refractivity contribution >= 4 is 11.8 Å². The fraction of sp³-hybridized carbons (Fsp3) is 0.238. The van der Waals surface area contributed by atoms with Crippen molar-refractivity contribution in [2.75, 3.05) is 0 Å². The third kappa shape index (κ3) is 6.43. The van der Waals surface area contributed by atoms with Gasteiger partial charge in [-0.3, -0.25) is 4.79 Å². The van der Waals surface area contributed by atoms with Crippen molar-refractivity contribution in [2.24, 2.45) is 0 Å². The van der Waals surface area contributed by atoms with Crippen LogP contribution in [0, 0.1) is 0 Å². The number of ketones is 1. The molecular weight excluding hydrogens is 330 g/mol. The second-order valence-corrected chi connectivity index (χ2v) is 6.10. The molecule has 0 heterocycles. The molecule has 26 heavy (non-hydrogen) atoms. The van der Waals surface area contributed by atoms with Crippen LogP contribution in [-0.4, -0.2) is 22.9 Å². The third-order valence-corrected chi connectivity index (χ3v) is 3.73. The van der Waals surface area contributed by atoms with Crippen molar-refractivity contribution in [3.05, 3.63) is 77.5 Å². The second kappa shape index (κ2) is 9.42. The largest absolute Gasteiger partial charge is 0.489 e. The number of allylic oxidation sites excluding steroid dienone is 2. The Morgan fingerprint density at radius 2 is 1.69 bits per heavy atom. The van der Waals surface area contributed by atoms with E-state index in [1.807, 2.05) is 54.6 Å². The van der Waals surface area contributed by atoms with E-state index in [-0.39, 0.29) is 5.78 Å².